The van der Waals surface area contributed by atoms with Gasteiger partial charge in [-0.3, -0.25) is 0 Å². The molecule has 0 bridgehead atoms. The van der Waals surface area contributed by atoms with Gasteiger partial charge in [0.2, 0.25) is 0 Å². The molecule has 11 nitrogen and oxygen atoms in total. The highest BCUT2D eigenvalue weighted by molar-refractivity contribution is 4.94. The van der Waals surface area contributed by atoms with E-state index in [-0.39, 0.29) is 0 Å². The topological polar surface area (TPSA) is 179 Å². The minimum Gasteiger partial charge on any atom is -0.394 e. The van der Waals surface area contributed by atoms with Crippen molar-refractivity contribution in [3.63, 3.8) is 0 Å². The van der Waals surface area contributed by atoms with Crippen LogP contribution in [0, 0.1) is 0 Å². The Labute approximate surface area is 214 Å². The minimum absolute atomic E-state index is 0.321. The van der Waals surface area contributed by atoms with Gasteiger partial charge in [-0.25, -0.2) is 0 Å². The molecule has 0 radical (unpaired) electrons. The fraction of sp³-hybridized carbons (Fsp3) is 1.00. The van der Waals surface area contributed by atoms with E-state index in [2.05, 4.69) is 6.92 Å². The van der Waals surface area contributed by atoms with E-state index >= 15 is 0 Å². The van der Waals surface area contributed by atoms with Crippen molar-refractivity contribution in [2.45, 2.75) is 139 Å². The van der Waals surface area contributed by atoms with Crippen molar-refractivity contribution in [2.24, 2.45) is 0 Å². The van der Waals surface area contributed by atoms with Gasteiger partial charge in [0.1, 0.15) is 48.8 Å². The van der Waals surface area contributed by atoms with Gasteiger partial charge in [0, 0.05) is 6.61 Å². The number of hydrogen-bond acceptors (Lipinski definition) is 11. The largest absolute Gasteiger partial charge is 0.394 e. The molecule has 36 heavy (non-hydrogen) atoms. The third kappa shape index (κ3) is 9.39. The number of aliphatic hydroxyl groups excluding tert-OH is 7. The molecule has 2 fully saturated rings. The lowest BCUT2D eigenvalue weighted by Crippen LogP contribution is -2.64. The molecule has 0 aromatic carbocycles. The molecule has 0 aromatic rings. The molecule has 6 unspecified atom stereocenters. The summed E-state index contributed by atoms with van der Waals surface area (Å²) in [5.41, 5.74) is 0. The van der Waals surface area contributed by atoms with E-state index in [0.717, 1.165) is 19.3 Å². The summed E-state index contributed by atoms with van der Waals surface area (Å²) in [4.78, 5) is 0. The molecule has 0 saturated carbocycles. The normalized spacial score (nSPS) is 37.3. The number of aliphatic hydroxyl groups is 7. The van der Waals surface area contributed by atoms with Crippen molar-refractivity contribution in [2.75, 3.05) is 19.8 Å². The van der Waals surface area contributed by atoms with Crippen molar-refractivity contribution < 1.29 is 54.7 Å². The van der Waals surface area contributed by atoms with E-state index in [1.165, 1.54) is 51.4 Å². The quantitative estimate of drug-likeness (QED) is 0.127. The SMILES string of the molecule is CCCCCCCCCCCCCO[C@@H]1OC(CO)[C@@H](O[C@H]2OC(CO)[C@@H](O)C(O)C2O)C(O)C1O. The summed E-state index contributed by atoms with van der Waals surface area (Å²) >= 11 is 0. The predicted octanol–water partition coefficient (Wildman–Crippen LogP) is -0.0619. The average molecular weight is 525 g/mol. The van der Waals surface area contributed by atoms with Gasteiger partial charge in [-0.2, -0.15) is 0 Å². The molecular weight excluding hydrogens is 476 g/mol. The molecule has 0 aromatic heterocycles. The Morgan fingerprint density at radius 2 is 1.06 bits per heavy atom. The Balaban J connectivity index is 1.71. The van der Waals surface area contributed by atoms with Crippen LogP contribution in [-0.4, -0.2) is 117 Å². The predicted molar refractivity (Wildman–Crippen MR) is 129 cm³/mol. The molecule has 2 aliphatic rings. The van der Waals surface area contributed by atoms with Crippen LogP contribution in [-0.2, 0) is 18.9 Å². The first kappa shape index (κ1) is 31.8. The van der Waals surface area contributed by atoms with Crippen LogP contribution >= 0.6 is 0 Å². The van der Waals surface area contributed by atoms with Crippen molar-refractivity contribution in [3.05, 3.63) is 0 Å². The number of rotatable bonds is 17. The van der Waals surface area contributed by atoms with Crippen LogP contribution in [0.1, 0.15) is 77.6 Å². The summed E-state index contributed by atoms with van der Waals surface area (Å²) in [6.45, 7) is 1.32. The summed E-state index contributed by atoms with van der Waals surface area (Å²) in [5.74, 6) is 0. The van der Waals surface area contributed by atoms with Gasteiger partial charge in [-0.1, -0.05) is 71.1 Å². The maximum atomic E-state index is 10.6. The smallest absolute Gasteiger partial charge is 0.187 e. The lowest BCUT2D eigenvalue weighted by atomic mass is 9.97. The lowest BCUT2D eigenvalue weighted by molar-refractivity contribution is -0.359. The highest BCUT2D eigenvalue weighted by atomic mass is 16.7. The molecule has 0 aliphatic carbocycles. The fourth-order valence-electron chi connectivity index (χ4n) is 4.66. The van der Waals surface area contributed by atoms with Gasteiger partial charge < -0.3 is 54.7 Å². The molecule has 7 N–H and O–H groups in total. The van der Waals surface area contributed by atoms with Crippen molar-refractivity contribution in [1.82, 2.24) is 0 Å². The Hall–Kier alpha value is -0.440. The van der Waals surface area contributed by atoms with Gasteiger partial charge >= 0.3 is 0 Å². The van der Waals surface area contributed by atoms with Crippen LogP contribution in [0.2, 0.25) is 0 Å². The van der Waals surface area contributed by atoms with E-state index in [1.54, 1.807) is 0 Å². The van der Waals surface area contributed by atoms with Gasteiger partial charge in [0.25, 0.3) is 0 Å². The molecule has 2 heterocycles. The van der Waals surface area contributed by atoms with Gasteiger partial charge in [0.05, 0.1) is 13.2 Å². The van der Waals surface area contributed by atoms with Gasteiger partial charge in [0.15, 0.2) is 12.6 Å². The van der Waals surface area contributed by atoms with Gasteiger partial charge in [-0.05, 0) is 6.42 Å². The molecule has 2 aliphatic heterocycles. The van der Waals surface area contributed by atoms with E-state index in [4.69, 9.17) is 18.9 Å². The maximum Gasteiger partial charge on any atom is 0.187 e. The first-order chi connectivity index (χ1) is 17.3. The van der Waals surface area contributed by atoms with Crippen LogP contribution in [0.4, 0.5) is 0 Å². The average Bonchev–Trinajstić information content (AvgIpc) is 2.88. The summed E-state index contributed by atoms with van der Waals surface area (Å²) in [7, 11) is 0. The maximum absolute atomic E-state index is 10.6. The van der Waals surface area contributed by atoms with E-state index < -0.39 is 74.6 Å². The van der Waals surface area contributed by atoms with Crippen LogP contribution in [0.5, 0.6) is 0 Å². The van der Waals surface area contributed by atoms with Crippen LogP contribution in [0.25, 0.3) is 0 Å². The Kier molecular flexibility index (Phi) is 15.2. The number of unbranched alkanes of at least 4 members (excludes halogenated alkanes) is 10. The summed E-state index contributed by atoms with van der Waals surface area (Å²) in [6.07, 6.45) is -1.24. The first-order valence-electron chi connectivity index (χ1n) is 13.6. The molecule has 0 amide bonds. The summed E-state index contributed by atoms with van der Waals surface area (Å²) < 4.78 is 22.1. The third-order valence-electron chi connectivity index (χ3n) is 6.99. The second-order valence-corrected chi connectivity index (χ2v) is 9.91. The zero-order chi connectivity index (χ0) is 26.5. The third-order valence-corrected chi connectivity index (χ3v) is 6.99. The Bertz CT molecular complexity index is 564. The molecule has 214 valence electrons. The molecular formula is C25H48O11. The molecule has 2 rings (SSSR count). The highest BCUT2D eigenvalue weighted by Crippen LogP contribution is 2.29. The van der Waals surface area contributed by atoms with Crippen molar-refractivity contribution in [1.29, 1.82) is 0 Å². The van der Waals surface area contributed by atoms with E-state index in [9.17, 15) is 35.7 Å². The molecule has 11 heteroatoms. The fourth-order valence-corrected chi connectivity index (χ4v) is 4.66. The second-order valence-electron chi connectivity index (χ2n) is 9.91. The van der Waals surface area contributed by atoms with Gasteiger partial charge in [-0.15, -0.1) is 0 Å². The lowest BCUT2D eigenvalue weighted by Gasteiger charge is -2.45. The van der Waals surface area contributed by atoms with Crippen LogP contribution in [0.15, 0.2) is 0 Å². The standard InChI is InChI=1S/C25H48O11/c1-2-3-4-5-6-7-8-9-10-11-12-13-33-24-22(32)20(30)23(17(15-27)35-24)36-25-21(31)19(29)18(28)16(14-26)34-25/h16-32H,2-15H2,1H3/t16?,17?,18-,19?,20?,21?,22?,23-,24-,25-/m1/s1. The molecule has 0 spiro atoms. The van der Waals surface area contributed by atoms with E-state index in [1.807, 2.05) is 0 Å². The molecule has 2 saturated heterocycles. The zero-order valence-electron chi connectivity index (χ0n) is 21.4. The Morgan fingerprint density at radius 1 is 0.556 bits per heavy atom. The zero-order valence-corrected chi connectivity index (χ0v) is 21.4. The minimum atomic E-state index is -1.69. The highest BCUT2D eigenvalue weighted by Gasteiger charge is 2.50. The summed E-state index contributed by atoms with van der Waals surface area (Å²) in [6, 6.07) is 0. The Morgan fingerprint density at radius 3 is 1.61 bits per heavy atom. The van der Waals surface area contributed by atoms with Crippen LogP contribution < -0.4 is 0 Å². The van der Waals surface area contributed by atoms with Crippen molar-refractivity contribution in [3.8, 4) is 0 Å². The monoisotopic (exact) mass is 524 g/mol. The summed E-state index contributed by atoms with van der Waals surface area (Å²) in [5, 5.41) is 70.2. The molecule has 10 atom stereocenters. The van der Waals surface area contributed by atoms with Crippen LogP contribution in [0.3, 0.4) is 0 Å². The second kappa shape index (κ2) is 17.2. The first-order valence-corrected chi connectivity index (χ1v) is 13.6. The van der Waals surface area contributed by atoms with E-state index in [0.29, 0.717) is 6.61 Å². The van der Waals surface area contributed by atoms with Crippen molar-refractivity contribution >= 4 is 0 Å². The number of hydrogen-bond donors (Lipinski definition) is 7. The number of ether oxygens (including phenoxy) is 4.